The van der Waals surface area contributed by atoms with Crippen molar-refractivity contribution in [2.75, 3.05) is 0 Å². The van der Waals surface area contributed by atoms with Crippen LogP contribution in [-0.2, 0) is 13.2 Å². The lowest BCUT2D eigenvalue weighted by Crippen LogP contribution is -1.99. The SMILES string of the molecule is Cc1cc(C#N)ccc1COc1cc(F)cc(CO)c1. The highest BCUT2D eigenvalue weighted by Crippen LogP contribution is 2.19. The van der Waals surface area contributed by atoms with Gasteiger partial charge >= 0.3 is 0 Å². The van der Waals surface area contributed by atoms with Crippen molar-refractivity contribution in [3.8, 4) is 11.8 Å². The summed E-state index contributed by atoms with van der Waals surface area (Å²) in [6, 6.07) is 11.5. The first-order chi connectivity index (χ1) is 9.62. The number of nitrogens with zero attached hydrogens (tertiary/aromatic N) is 1. The molecule has 0 aliphatic heterocycles. The topological polar surface area (TPSA) is 53.2 Å². The normalized spacial score (nSPS) is 10.1. The fraction of sp³-hybridized carbons (Fsp3) is 0.188. The zero-order valence-electron chi connectivity index (χ0n) is 11.1. The molecule has 0 saturated carbocycles. The van der Waals surface area contributed by atoms with Crippen LogP contribution in [0.4, 0.5) is 4.39 Å². The summed E-state index contributed by atoms with van der Waals surface area (Å²) >= 11 is 0. The number of aryl methyl sites for hydroxylation is 1. The molecule has 2 aromatic carbocycles. The number of benzene rings is 2. The van der Waals surface area contributed by atoms with Gasteiger partial charge in [-0.25, -0.2) is 4.39 Å². The third-order valence-electron chi connectivity index (χ3n) is 2.98. The van der Waals surface area contributed by atoms with Crippen LogP contribution < -0.4 is 4.74 Å². The van der Waals surface area contributed by atoms with Gasteiger partial charge in [-0.05, 0) is 47.9 Å². The Morgan fingerprint density at radius 2 is 2.05 bits per heavy atom. The maximum atomic E-state index is 13.3. The lowest BCUT2D eigenvalue weighted by Gasteiger charge is -2.10. The van der Waals surface area contributed by atoms with Gasteiger partial charge in [0.1, 0.15) is 18.2 Å². The molecule has 0 atom stereocenters. The number of aliphatic hydroxyl groups is 1. The first-order valence-corrected chi connectivity index (χ1v) is 6.15. The van der Waals surface area contributed by atoms with Crippen LogP contribution in [0.3, 0.4) is 0 Å². The molecule has 0 unspecified atom stereocenters. The van der Waals surface area contributed by atoms with Crippen LogP contribution in [0.15, 0.2) is 36.4 Å². The molecule has 0 aliphatic rings. The minimum atomic E-state index is -0.442. The highest BCUT2D eigenvalue weighted by molar-refractivity contribution is 5.37. The van der Waals surface area contributed by atoms with Crippen LogP contribution in [0.1, 0.15) is 22.3 Å². The molecule has 0 aliphatic carbocycles. The Morgan fingerprint density at radius 3 is 2.70 bits per heavy atom. The van der Waals surface area contributed by atoms with Gasteiger partial charge in [-0.3, -0.25) is 0 Å². The maximum Gasteiger partial charge on any atom is 0.127 e. The summed E-state index contributed by atoms with van der Waals surface area (Å²) < 4.78 is 18.8. The first-order valence-electron chi connectivity index (χ1n) is 6.15. The molecule has 0 bridgehead atoms. The summed E-state index contributed by atoms with van der Waals surface area (Å²) in [7, 11) is 0. The maximum absolute atomic E-state index is 13.3. The number of hydrogen-bond donors (Lipinski definition) is 1. The van der Waals surface area contributed by atoms with E-state index in [-0.39, 0.29) is 13.2 Å². The minimum absolute atomic E-state index is 0.232. The summed E-state index contributed by atoms with van der Waals surface area (Å²) in [4.78, 5) is 0. The molecule has 3 nitrogen and oxygen atoms in total. The Hall–Kier alpha value is -2.38. The summed E-state index contributed by atoms with van der Waals surface area (Å²) in [6.45, 7) is 1.94. The van der Waals surface area contributed by atoms with Crippen LogP contribution in [0.5, 0.6) is 5.75 Å². The smallest absolute Gasteiger partial charge is 0.127 e. The standard InChI is InChI=1S/C16H14FNO2/c1-11-4-12(8-18)2-3-14(11)10-20-16-6-13(9-19)5-15(17)7-16/h2-7,19H,9-10H2,1H3. The predicted octanol–water partition coefficient (Wildman–Crippen LogP) is 3.08. The van der Waals surface area contributed by atoms with Crippen molar-refractivity contribution in [3.05, 3.63) is 64.5 Å². The van der Waals surface area contributed by atoms with E-state index in [9.17, 15) is 4.39 Å². The van der Waals surface area contributed by atoms with E-state index < -0.39 is 5.82 Å². The molecule has 0 radical (unpaired) electrons. The van der Waals surface area contributed by atoms with Crippen molar-refractivity contribution in [1.82, 2.24) is 0 Å². The third kappa shape index (κ3) is 3.34. The summed E-state index contributed by atoms with van der Waals surface area (Å²) in [5.74, 6) is -0.0686. The van der Waals surface area contributed by atoms with Gasteiger partial charge in [0.2, 0.25) is 0 Å². The largest absolute Gasteiger partial charge is 0.489 e. The monoisotopic (exact) mass is 271 g/mol. The van der Waals surface area contributed by atoms with E-state index in [1.54, 1.807) is 18.2 Å². The highest BCUT2D eigenvalue weighted by Gasteiger charge is 2.04. The van der Waals surface area contributed by atoms with E-state index in [1.807, 2.05) is 13.0 Å². The second-order valence-corrected chi connectivity index (χ2v) is 4.50. The van der Waals surface area contributed by atoms with Gasteiger partial charge in [0.15, 0.2) is 0 Å². The molecule has 0 amide bonds. The molecule has 102 valence electrons. The molecule has 20 heavy (non-hydrogen) atoms. The third-order valence-corrected chi connectivity index (χ3v) is 2.98. The summed E-state index contributed by atoms with van der Waals surface area (Å²) in [5.41, 5.74) is 2.94. The molecule has 4 heteroatoms. The first kappa shape index (κ1) is 14.0. The summed E-state index contributed by atoms with van der Waals surface area (Å²) in [5, 5.41) is 17.8. The molecule has 0 heterocycles. The fourth-order valence-corrected chi connectivity index (χ4v) is 1.88. The van der Waals surface area contributed by atoms with E-state index >= 15 is 0 Å². The van der Waals surface area contributed by atoms with Crippen molar-refractivity contribution < 1.29 is 14.2 Å². The molecular weight excluding hydrogens is 257 g/mol. The second-order valence-electron chi connectivity index (χ2n) is 4.50. The van der Waals surface area contributed by atoms with Gasteiger partial charge in [0.05, 0.1) is 18.2 Å². The molecule has 0 fully saturated rings. The number of ether oxygens (including phenoxy) is 1. The van der Waals surface area contributed by atoms with E-state index in [0.717, 1.165) is 11.1 Å². The average molecular weight is 271 g/mol. The Labute approximate surface area is 116 Å². The van der Waals surface area contributed by atoms with E-state index in [0.29, 0.717) is 16.9 Å². The van der Waals surface area contributed by atoms with Crippen molar-refractivity contribution in [2.24, 2.45) is 0 Å². The van der Waals surface area contributed by atoms with Crippen LogP contribution in [0, 0.1) is 24.1 Å². The van der Waals surface area contributed by atoms with E-state index in [2.05, 4.69) is 6.07 Å². The van der Waals surface area contributed by atoms with Crippen LogP contribution >= 0.6 is 0 Å². The van der Waals surface area contributed by atoms with Crippen molar-refractivity contribution in [2.45, 2.75) is 20.1 Å². The van der Waals surface area contributed by atoms with Crippen LogP contribution in [0.25, 0.3) is 0 Å². The Kier molecular flexibility index (Phi) is 4.34. The van der Waals surface area contributed by atoms with E-state index in [1.165, 1.54) is 12.1 Å². The number of hydrogen-bond acceptors (Lipinski definition) is 3. The Balaban J connectivity index is 2.13. The fourth-order valence-electron chi connectivity index (χ4n) is 1.88. The van der Waals surface area contributed by atoms with E-state index in [4.69, 9.17) is 15.1 Å². The van der Waals surface area contributed by atoms with Gasteiger partial charge in [-0.1, -0.05) is 6.07 Å². The molecular formula is C16H14FNO2. The number of halogens is 1. The summed E-state index contributed by atoms with van der Waals surface area (Å²) in [6.07, 6.45) is 0. The Morgan fingerprint density at radius 1 is 1.25 bits per heavy atom. The molecule has 0 aromatic heterocycles. The Bertz CT molecular complexity index is 662. The minimum Gasteiger partial charge on any atom is -0.489 e. The zero-order chi connectivity index (χ0) is 14.5. The molecule has 2 aromatic rings. The predicted molar refractivity (Wildman–Crippen MR) is 72.5 cm³/mol. The van der Waals surface area contributed by atoms with Crippen molar-refractivity contribution >= 4 is 0 Å². The van der Waals surface area contributed by atoms with Crippen molar-refractivity contribution in [1.29, 1.82) is 5.26 Å². The molecule has 0 saturated heterocycles. The quantitative estimate of drug-likeness (QED) is 0.929. The number of nitriles is 1. The van der Waals surface area contributed by atoms with Gasteiger partial charge in [0.25, 0.3) is 0 Å². The lowest BCUT2D eigenvalue weighted by molar-refractivity contribution is 0.276. The molecule has 1 N–H and O–H groups in total. The van der Waals surface area contributed by atoms with Crippen LogP contribution in [-0.4, -0.2) is 5.11 Å². The van der Waals surface area contributed by atoms with Gasteiger partial charge in [-0.15, -0.1) is 0 Å². The van der Waals surface area contributed by atoms with Gasteiger partial charge < -0.3 is 9.84 Å². The average Bonchev–Trinajstić information content (AvgIpc) is 2.45. The molecule has 0 spiro atoms. The van der Waals surface area contributed by atoms with Gasteiger partial charge in [0, 0.05) is 6.07 Å². The number of aliphatic hydroxyl groups excluding tert-OH is 1. The lowest BCUT2D eigenvalue weighted by atomic mass is 10.1. The molecule has 2 rings (SSSR count). The highest BCUT2D eigenvalue weighted by atomic mass is 19.1. The van der Waals surface area contributed by atoms with Crippen molar-refractivity contribution in [3.63, 3.8) is 0 Å². The second kappa shape index (κ2) is 6.18. The number of rotatable bonds is 4. The van der Waals surface area contributed by atoms with Crippen LogP contribution in [0.2, 0.25) is 0 Å². The zero-order valence-corrected chi connectivity index (χ0v) is 11.1. The van der Waals surface area contributed by atoms with Gasteiger partial charge in [-0.2, -0.15) is 5.26 Å².